The predicted molar refractivity (Wildman–Crippen MR) is 131 cm³/mol. The van der Waals surface area contributed by atoms with Crippen LogP contribution in [0.5, 0.6) is 0 Å². The second-order valence-electron chi connectivity index (χ2n) is 8.32. The molecule has 1 unspecified atom stereocenters. The number of likely N-dealkylation sites (N-methyl/N-ethyl adjacent to an activating group) is 1. The quantitative estimate of drug-likeness (QED) is 0.590. The fourth-order valence-electron chi connectivity index (χ4n) is 4.05. The summed E-state index contributed by atoms with van der Waals surface area (Å²) >= 11 is 0. The molecular formula is C27H30N4O2. The Morgan fingerprint density at radius 2 is 1.42 bits per heavy atom. The van der Waals surface area contributed by atoms with Crippen LogP contribution < -0.4 is 15.5 Å². The highest BCUT2D eigenvalue weighted by molar-refractivity contribution is 5.97. The summed E-state index contributed by atoms with van der Waals surface area (Å²) < 4.78 is 0. The van der Waals surface area contributed by atoms with Crippen LogP contribution in [0, 0.1) is 0 Å². The summed E-state index contributed by atoms with van der Waals surface area (Å²) in [5.41, 5.74) is 3.48. The Morgan fingerprint density at radius 3 is 2.12 bits per heavy atom. The van der Waals surface area contributed by atoms with Crippen molar-refractivity contribution in [3.63, 3.8) is 0 Å². The monoisotopic (exact) mass is 442 g/mol. The third-order valence-corrected chi connectivity index (χ3v) is 6.00. The van der Waals surface area contributed by atoms with Crippen LogP contribution >= 0.6 is 0 Å². The Labute approximate surface area is 195 Å². The van der Waals surface area contributed by atoms with E-state index in [1.54, 1.807) is 12.1 Å². The number of hydrogen-bond donors (Lipinski definition) is 2. The average molecular weight is 443 g/mol. The van der Waals surface area contributed by atoms with Crippen molar-refractivity contribution >= 4 is 17.5 Å². The Hall–Kier alpha value is -3.64. The minimum atomic E-state index is -0.783. The number of amides is 2. The first kappa shape index (κ1) is 22.6. The number of benzene rings is 3. The molecule has 0 spiro atoms. The lowest BCUT2D eigenvalue weighted by molar-refractivity contribution is -0.123. The van der Waals surface area contributed by atoms with E-state index in [0.717, 1.165) is 43.0 Å². The van der Waals surface area contributed by atoms with Gasteiger partial charge in [-0.25, -0.2) is 0 Å². The lowest BCUT2D eigenvalue weighted by atomic mass is 10.0. The molecule has 2 amide bonds. The summed E-state index contributed by atoms with van der Waals surface area (Å²) in [5.74, 6) is -0.517. The van der Waals surface area contributed by atoms with E-state index in [9.17, 15) is 9.59 Å². The van der Waals surface area contributed by atoms with Crippen molar-refractivity contribution < 1.29 is 9.59 Å². The Balaban J connectivity index is 1.48. The highest BCUT2D eigenvalue weighted by Gasteiger charge is 2.24. The first-order valence-corrected chi connectivity index (χ1v) is 11.3. The summed E-state index contributed by atoms with van der Waals surface area (Å²) in [7, 11) is 2.14. The van der Waals surface area contributed by atoms with Gasteiger partial charge in [0.15, 0.2) is 0 Å². The van der Waals surface area contributed by atoms with E-state index in [2.05, 4.69) is 33.5 Å². The zero-order chi connectivity index (χ0) is 23.0. The van der Waals surface area contributed by atoms with Crippen LogP contribution in [-0.2, 0) is 11.3 Å². The van der Waals surface area contributed by atoms with Gasteiger partial charge in [0.05, 0.1) is 0 Å². The molecule has 0 bridgehead atoms. The molecule has 4 rings (SSSR count). The van der Waals surface area contributed by atoms with Crippen molar-refractivity contribution in [2.75, 3.05) is 38.1 Å². The van der Waals surface area contributed by atoms with Crippen LogP contribution in [0.15, 0.2) is 84.9 Å². The summed E-state index contributed by atoms with van der Waals surface area (Å²) in [4.78, 5) is 30.7. The minimum absolute atomic E-state index is 0.237. The molecule has 2 N–H and O–H groups in total. The van der Waals surface area contributed by atoms with E-state index >= 15 is 0 Å². The number of hydrogen-bond acceptors (Lipinski definition) is 4. The van der Waals surface area contributed by atoms with Gasteiger partial charge in [0.1, 0.15) is 6.04 Å². The number of carbonyl (C=O) groups is 2. The molecule has 1 fully saturated rings. The molecule has 0 aliphatic carbocycles. The van der Waals surface area contributed by atoms with Crippen molar-refractivity contribution in [1.29, 1.82) is 0 Å². The maximum atomic E-state index is 13.3. The van der Waals surface area contributed by atoms with Crippen LogP contribution in [0.2, 0.25) is 0 Å². The number of piperazine rings is 1. The molecule has 3 aromatic carbocycles. The first-order valence-electron chi connectivity index (χ1n) is 11.3. The molecule has 3 aromatic rings. The molecule has 0 aromatic heterocycles. The molecule has 170 valence electrons. The van der Waals surface area contributed by atoms with Gasteiger partial charge in [0.2, 0.25) is 5.91 Å². The highest BCUT2D eigenvalue weighted by Crippen LogP contribution is 2.22. The second kappa shape index (κ2) is 10.8. The van der Waals surface area contributed by atoms with Crippen molar-refractivity contribution in [1.82, 2.24) is 15.5 Å². The average Bonchev–Trinajstić information content (AvgIpc) is 2.87. The van der Waals surface area contributed by atoms with Gasteiger partial charge in [-0.1, -0.05) is 66.7 Å². The van der Waals surface area contributed by atoms with Gasteiger partial charge in [-0.15, -0.1) is 0 Å². The lowest BCUT2D eigenvalue weighted by Crippen LogP contribution is -2.45. The first-order chi connectivity index (χ1) is 16.1. The maximum absolute atomic E-state index is 13.3. The maximum Gasteiger partial charge on any atom is 0.252 e. The van der Waals surface area contributed by atoms with E-state index < -0.39 is 6.04 Å². The smallest absolute Gasteiger partial charge is 0.252 e. The van der Waals surface area contributed by atoms with Gasteiger partial charge < -0.3 is 20.4 Å². The molecule has 0 radical (unpaired) electrons. The van der Waals surface area contributed by atoms with E-state index in [-0.39, 0.29) is 11.8 Å². The summed E-state index contributed by atoms with van der Waals surface area (Å²) in [6, 6.07) is 25.7. The molecular weight excluding hydrogens is 412 g/mol. The van der Waals surface area contributed by atoms with Gasteiger partial charge >= 0.3 is 0 Å². The SMILES string of the molecule is CN1CCN(c2ccccc2CNC(=O)C(NC(=O)c2ccccc2)c2ccccc2)CC1. The Morgan fingerprint density at radius 1 is 0.818 bits per heavy atom. The van der Waals surface area contributed by atoms with E-state index in [1.165, 1.54) is 0 Å². The number of nitrogens with zero attached hydrogens (tertiary/aromatic N) is 2. The lowest BCUT2D eigenvalue weighted by Gasteiger charge is -2.35. The van der Waals surface area contributed by atoms with E-state index in [0.29, 0.717) is 12.1 Å². The Bertz CT molecular complexity index is 1060. The second-order valence-corrected chi connectivity index (χ2v) is 8.32. The fourth-order valence-corrected chi connectivity index (χ4v) is 4.05. The molecule has 1 aliphatic rings. The number of rotatable bonds is 7. The van der Waals surface area contributed by atoms with Crippen LogP contribution in [0.1, 0.15) is 27.5 Å². The molecule has 6 nitrogen and oxygen atoms in total. The van der Waals surface area contributed by atoms with Crippen LogP contribution in [0.3, 0.4) is 0 Å². The number of nitrogens with one attached hydrogen (secondary N) is 2. The van der Waals surface area contributed by atoms with Gasteiger partial charge in [-0.3, -0.25) is 9.59 Å². The molecule has 1 saturated heterocycles. The van der Waals surface area contributed by atoms with Crippen molar-refractivity contribution in [3.8, 4) is 0 Å². The van der Waals surface area contributed by atoms with Crippen molar-refractivity contribution in [3.05, 3.63) is 102 Å². The topological polar surface area (TPSA) is 64.7 Å². The zero-order valence-corrected chi connectivity index (χ0v) is 18.9. The number of anilines is 1. The predicted octanol–water partition coefficient (Wildman–Crippen LogP) is 3.23. The molecule has 0 saturated carbocycles. The van der Waals surface area contributed by atoms with Gasteiger partial charge in [0, 0.05) is 44.0 Å². The minimum Gasteiger partial charge on any atom is -0.369 e. The summed E-state index contributed by atoms with van der Waals surface area (Å²) in [6.45, 7) is 4.35. The fraction of sp³-hybridized carbons (Fsp3) is 0.259. The van der Waals surface area contributed by atoms with Crippen LogP contribution in [-0.4, -0.2) is 49.9 Å². The number of para-hydroxylation sites is 1. The standard InChI is InChI=1S/C27H30N4O2/c1-30-16-18-31(19-17-30)24-15-9-8-14-23(24)20-28-27(33)25(21-10-4-2-5-11-21)29-26(32)22-12-6-3-7-13-22/h2-15,25H,16-20H2,1H3,(H,28,33)(H,29,32). The summed E-state index contributed by atoms with van der Waals surface area (Å²) in [6.07, 6.45) is 0. The third-order valence-electron chi connectivity index (χ3n) is 6.00. The normalized spacial score (nSPS) is 15.0. The van der Waals surface area contributed by atoms with Crippen LogP contribution in [0.25, 0.3) is 0 Å². The summed E-state index contributed by atoms with van der Waals surface area (Å²) in [5, 5.41) is 5.95. The molecule has 1 aliphatic heterocycles. The molecule has 6 heteroatoms. The highest BCUT2D eigenvalue weighted by atomic mass is 16.2. The van der Waals surface area contributed by atoms with Crippen molar-refractivity contribution in [2.45, 2.75) is 12.6 Å². The largest absolute Gasteiger partial charge is 0.369 e. The van der Waals surface area contributed by atoms with Gasteiger partial charge in [-0.2, -0.15) is 0 Å². The van der Waals surface area contributed by atoms with Gasteiger partial charge in [-0.05, 0) is 36.4 Å². The Kier molecular flexibility index (Phi) is 7.37. The zero-order valence-electron chi connectivity index (χ0n) is 18.9. The van der Waals surface area contributed by atoms with Crippen molar-refractivity contribution in [2.24, 2.45) is 0 Å². The molecule has 1 heterocycles. The third kappa shape index (κ3) is 5.79. The molecule has 1 atom stereocenters. The number of carbonyl (C=O) groups excluding carboxylic acids is 2. The van der Waals surface area contributed by atoms with Crippen LogP contribution in [0.4, 0.5) is 5.69 Å². The van der Waals surface area contributed by atoms with E-state index in [1.807, 2.05) is 66.7 Å². The van der Waals surface area contributed by atoms with Gasteiger partial charge in [0.25, 0.3) is 5.91 Å². The van der Waals surface area contributed by atoms with E-state index in [4.69, 9.17) is 0 Å². The molecule has 33 heavy (non-hydrogen) atoms.